The zero-order chi connectivity index (χ0) is 13.5. The molecule has 0 unspecified atom stereocenters. The van der Waals surface area contributed by atoms with E-state index in [1.807, 2.05) is 0 Å². The van der Waals surface area contributed by atoms with Gasteiger partial charge in [0.2, 0.25) is 0 Å². The van der Waals surface area contributed by atoms with E-state index in [1.54, 1.807) is 0 Å². The Morgan fingerprint density at radius 2 is 0.444 bits per heavy atom. The van der Waals surface area contributed by atoms with E-state index in [1.165, 1.54) is 0 Å². The molecule has 0 aromatic heterocycles. The average Bonchev–Trinajstić information content (AvgIpc) is 1.41. The summed E-state index contributed by atoms with van der Waals surface area (Å²) in [6, 6.07) is 0. The first kappa shape index (κ1) is 36.3. The molecule has 0 amide bonds. The molecule has 0 atom stereocenters. The van der Waals surface area contributed by atoms with Crippen LogP contribution in [0.1, 0.15) is 0 Å². The molecule has 0 aromatic carbocycles. The Hall–Kier alpha value is 0.635. The van der Waals surface area contributed by atoms with Crippen molar-refractivity contribution in [3.8, 4) is 0 Å². The summed E-state index contributed by atoms with van der Waals surface area (Å²) in [5.74, 6) is 0. The summed E-state index contributed by atoms with van der Waals surface area (Å²) in [5, 5.41) is 0. The van der Waals surface area contributed by atoms with E-state index in [4.69, 9.17) is 52.6 Å². The summed E-state index contributed by atoms with van der Waals surface area (Å²) in [4.78, 5) is 0. The Morgan fingerprint density at radius 1 is 0.444 bits per heavy atom. The maximum Gasteiger partial charge on any atom is 0.394 e. The van der Waals surface area contributed by atoms with Gasteiger partial charge in [-0.25, -0.2) is 0 Å². The average molecular weight is 415 g/mol. The van der Waals surface area contributed by atoms with Crippen molar-refractivity contribution in [1.82, 2.24) is 6.15 Å². The van der Waals surface area contributed by atoms with Crippen molar-refractivity contribution in [2.45, 2.75) is 0 Å². The zero-order valence-corrected chi connectivity index (χ0v) is 12.9. The van der Waals surface area contributed by atoms with Gasteiger partial charge in [-0.1, -0.05) is 0 Å². The second-order valence-corrected chi connectivity index (χ2v) is 4.03. The smallest absolute Gasteiger partial charge is 0.344 e. The van der Waals surface area contributed by atoms with Crippen LogP contribution in [0.25, 0.3) is 0 Å². The molecule has 116 valence electrons. The molecule has 0 aliphatic rings. The molecule has 0 fully saturated rings. The molecular weight excluding hydrogens is 406 g/mol. The Bertz CT molecular complexity index is 346. The van der Waals surface area contributed by atoms with E-state index in [2.05, 4.69) is 0 Å². The van der Waals surface area contributed by atoms with Gasteiger partial charge in [-0.05, 0) is 0 Å². The predicted octanol–water partition coefficient (Wildman–Crippen LogP) is -1.80. The molecule has 18 heteroatoms. The largest absolute Gasteiger partial charge is 0.394 e. The fraction of sp³-hybridized carbons (Fsp3) is 0. The molecular formula is H9Cr2NO12S3. The Balaban J connectivity index is -0.0000000277. The third kappa shape index (κ3) is 10100. The first-order chi connectivity index (χ1) is 6.00. The van der Waals surface area contributed by atoms with E-state index < -0.39 is 31.2 Å². The van der Waals surface area contributed by atoms with Crippen LogP contribution in [-0.4, -0.2) is 52.6 Å². The summed E-state index contributed by atoms with van der Waals surface area (Å²) in [6.07, 6.45) is 0. The van der Waals surface area contributed by atoms with E-state index in [9.17, 15) is 0 Å². The normalized spacial score (nSPS) is 9.67. The van der Waals surface area contributed by atoms with Gasteiger partial charge in [0.25, 0.3) is 0 Å². The maximum atomic E-state index is 8.74. The first-order valence-corrected chi connectivity index (χ1v) is 6.29. The molecule has 0 aromatic rings. The van der Waals surface area contributed by atoms with Gasteiger partial charge in [0.05, 0.1) is 0 Å². The molecule has 0 spiro atoms. The van der Waals surface area contributed by atoms with Crippen LogP contribution in [0.3, 0.4) is 0 Å². The molecule has 0 aliphatic heterocycles. The van der Waals surface area contributed by atoms with E-state index in [-0.39, 0.29) is 40.9 Å². The third-order valence-electron chi connectivity index (χ3n) is 0. The van der Waals surface area contributed by atoms with Crippen molar-refractivity contribution >= 4 is 31.2 Å². The van der Waals surface area contributed by atoms with Crippen molar-refractivity contribution < 1.29 is 87.3 Å². The van der Waals surface area contributed by atoms with Gasteiger partial charge in [-0.2, -0.15) is 25.3 Å². The molecule has 18 heavy (non-hydrogen) atoms. The van der Waals surface area contributed by atoms with Crippen molar-refractivity contribution in [3.63, 3.8) is 0 Å². The van der Waals surface area contributed by atoms with Crippen molar-refractivity contribution in [3.05, 3.63) is 0 Å². The molecule has 0 saturated heterocycles. The molecule has 0 heterocycles. The summed E-state index contributed by atoms with van der Waals surface area (Å²) in [7, 11) is -14.0. The molecule has 0 radical (unpaired) electrons. The Kier molecular flexibility index (Phi) is 28.3. The van der Waals surface area contributed by atoms with E-state index in [0.717, 1.165) is 0 Å². The van der Waals surface area contributed by atoms with Crippen LogP contribution >= 0.6 is 0 Å². The van der Waals surface area contributed by atoms with Gasteiger partial charge in [-0.3, -0.25) is 27.3 Å². The number of rotatable bonds is 0. The van der Waals surface area contributed by atoms with Gasteiger partial charge in [0.15, 0.2) is 0 Å². The molecule has 0 rings (SSSR count). The SMILES string of the molecule is N.O=S(=O)(O)O.O=S(=O)(O)O.O=S(=O)(O)O.[Cr].[Cr]. The second kappa shape index (κ2) is 14.1. The van der Waals surface area contributed by atoms with Gasteiger partial charge >= 0.3 is 31.2 Å². The quantitative estimate of drug-likeness (QED) is 0.216. The minimum Gasteiger partial charge on any atom is -0.344 e. The van der Waals surface area contributed by atoms with Crippen LogP contribution in [0.5, 0.6) is 0 Å². The van der Waals surface area contributed by atoms with Gasteiger partial charge in [0, 0.05) is 34.7 Å². The zero-order valence-electron chi connectivity index (χ0n) is 7.88. The first-order valence-electron chi connectivity index (χ1n) is 2.10. The summed E-state index contributed by atoms with van der Waals surface area (Å²) in [5.41, 5.74) is 0. The van der Waals surface area contributed by atoms with Crippen molar-refractivity contribution in [1.29, 1.82) is 0 Å². The van der Waals surface area contributed by atoms with E-state index >= 15 is 0 Å². The van der Waals surface area contributed by atoms with Crippen molar-refractivity contribution in [2.75, 3.05) is 0 Å². The summed E-state index contributed by atoms with van der Waals surface area (Å²) in [6.45, 7) is 0. The van der Waals surface area contributed by atoms with Gasteiger partial charge in [-0.15, -0.1) is 0 Å². The maximum absolute atomic E-state index is 8.74. The predicted molar refractivity (Wildman–Crippen MR) is 47.6 cm³/mol. The minimum atomic E-state index is -4.67. The van der Waals surface area contributed by atoms with Crippen LogP contribution in [0, 0.1) is 0 Å². The number of hydrogen-bond donors (Lipinski definition) is 7. The fourth-order valence-electron chi connectivity index (χ4n) is 0. The molecule has 0 aliphatic carbocycles. The minimum absolute atomic E-state index is 0. The van der Waals surface area contributed by atoms with E-state index in [0.29, 0.717) is 0 Å². The standard InChI is InChI=1S/2Cr.H3N.3H2O4S/c;;;3*1-5(2,3)4/h;;1H3;3*(H2,1,2,3,4). The topological polar surface area (TPSA) is 259 Å². The van der Waals surface area contributed by atoms with Gasteiger partial charge in [0.1, 0.15) is 0 Å². The molecule has 13 nitrogen and oxygen atoms in total. The van der Waals surface area contributed by atoms with Crippen LogP contribution < -0.4 is 6.15 Å². The fourth-order valence-corrected chi connectivity index (χ4v) is 0. The van der Waals surface area contributed by atoms with Crippen LogP contribution in [0.2, 0.25) is 0 Å². The van der Waals surface area contributed by atoms with Crippen LogP contribution in [0.15, 0.2) is 0 Å². The number of hydrogen-bond acceptors (Lipinski definition) is 7. The summed E-state index contributed by atoms with van der Waals surface area (Å²) < 4.78 is 94.8. The Morgan fingerprint density at radius 3 is 0.444 bits per heavy atom. The van der Waals surface area contributed by atoms with Crippen LogP contribution in [0.4, 0.5) is 0 Å². The monoisotopic (exact) mass is 415 g/mol. The van der Waals surface area contributed by atoms with Gasteiger partial charge < -0.3 is 6.15 Å². The Labute approximate surface area is 124 Å². The second-order valence-electron chi connectivity index (χ2n) is 1.34. The third-order valence-corrected chi connectivity index (χ3v) is 0. The summed E-state index contributed by atoms with van der Waals surface area (Å²) >= 11 is 0. The molecule has 0 bridgehead atoms. The van der Waals surface area contributed by atoms with Crippen LogP contribution in [-0.2, 0) is 65.9 Å². The van der Waals surface area contributed by atoms with Crippen molar-refractivity contribution in [2.24, 2.45) is 0 Å². The molecule has 0 saturated carbocycles. The molecule has 9 N–H and O–H groups in total.